The highest BCUT2D eigenvalue weighted by Crippen LogP contribution is 2.30. The van der Waals surface area contributed by atoms with Crippen LogP contribution in [-0.2, 0) is 0 Å². The zero-order chi connectivity index (χ0) is 13.3. The zero-order valence-corrected chi connectivity index (χ0v) is 11.2. The Bertz CT molecular complexity index is 580. The van der Waals surface area contributed by atoms with Crippen LogP contribution in [0.4, 0.5) is 25.8 Å². The fourth-order valence-corrected chi connectivity index (χ4v) is 1.93. The molecule has 0 unspecified atom stereocenters. The van der Waals surface area contributed by atoms with Crippen molar-refractivity contribution in [3.05, 3.63) is 52.0 Å². The maximum atomic E-state index is 13.7. The molecule has 0 saturated carbocycles. The van der Waals surface area contributed by atoms with Gasteiger partial charge in [-0.15, -0.1) is 0 Å². The molecule has 0 radical (unpaired) electrons. The number of para-hydroxylation sites is 1. The first-order valence-electron chi connectivity index (χ1n) is 5.25. The molecule has 0 spiro atoms. The molecule has 0 aliphatic heterocycles. The monoisotopic (exact) mass is 312 g/mol. The molecule has 0 fully saturated rings. The van der Waals surface area contributed by atoms with Crippen LogP contribution in [0.25, 0.3) is 0 Å². The lowest BCUT2D eigenvalue weighted by Crippen LogP contribution is -2.01. The summed E-state index contributed by atoms with van der Waals surface area (Å²) in [7, 11) is 0. The average Bonchev–Trinajstić information content (AvgIpc) is 2.30. The van der Waals surface area contributed by atoms with E-state index in [0.29, 0.717) is 11.4 Å². The number of benzene rings is 2. The van der Waals surface area contributed by atoms with E-state index in [2.05, 4.69) is 21.2 Å². The highest BCUT2D eigenvalue weighted by Gasteiger charge is 2.10. The van der Waals surface area contributed by atoms with Gasteiger partial charge in [0.2, 0.25) is 0 Å². The molecule has 0 saturated heterocycles. The number of anilines is 3. The van der Waals surface area contributed by atoms with E-state index >= 15 is 0 Å². The van der Waals surface area contributed by atoms with Crippen LogP contribution >= 0.6 is 15.9 Å². The summed E-state index contributed by atoms with van der Waals surface area (Å²) in [5.41, 5.74) is 7.78. The highest BCUT2D eigenvalue weighted by molar-refractivity contribution is 9.10. The molecule has 94 valence electrons. The van der Waals surface area contributed by atoms with Gasteiger partial charge in [0.15, 0.2) is 0 Å². The Morgan fingerprint density at radius 3 is 2.56 bits per heavy atom. The minimum atomic E-state index is -0.550. The van der Waals surface area contributed by atoms with Crippen molar-refractivity contribution in [1.29, 1.82) is 0 Å². The van der Waals surface area contributed by atoms with Crippen LogP contribution in [0.15, 0.2) is 34.8 Å². The molecule has 2 rings (SSSR count). The zero-order valence-electron chi connectivity index (χ0n) is 9.60. The summed E-state index contributed by atoms with van der Waals surface area (Å²) in [6, 6.07) is 7.50. The number of nitrogens with one attached hydrogen (secondary N) is 1. The predicted molar refractivity (Wildman–Crippen MR) is 72.9 cm³/mol. The summed E-state index contributed by atoms with van der Waals surface area (Å²) in [5, 5.41) is 2.82. The summed E-state index contributed by atoms with van der Waals surface area (Å²) >= 11 is 2.93. The van der Waals surface area contributed by atoms with Crippen molar-refractivity contribution in [3.8, 4) is 0 Å². The molecule has 0 bridgehead atoms. The number of rotatable bonds is 2. The van der Waals surface area contributed by atoms with E-state index in [-0.39, 0.29) is 10.2 Å². The molecular formula is C13H11BrF2N2. The second kappa shape index (κ2) is 4.94. The van der Waals surface area contributed by atoms with Crippen molar-refractivity contribution in [2.24, 2.45) is 0 Å². The van der Waals surface area contributed by atoms with Gasteiger partial charge in [0, 0.05) is 6.07 Å². The molecule has 0 aliphatic rings. The number of nitrogens with two attached hydrogens (primary N) is 1. The van der Waals surface area contributed by atoms with Gasteiger partial charge in [-0.25, -0.2) is 8.78 Å². The Morgan fingerprint density at radius 1 is 1.17 bits per heavy atom. The molecule has 18 heavy (non-hydrogen) atoms. The topological polar surface area (TPSA) is 38.0 Å². The average molecular weight is 313 g/mol. The van der Waals surface area contributed by atoms with Crippen molar-refractivity contribution in [1.82, 2.24) is 0 Å². The van der Waals surface area contributed by atoms with Gasteiger partial charge in [0.1, 0.15) is 11.6 Å². The fourth-order valence-electron chi connectivity index (χ4n) is 1.61. The van der Waals surface area contributed by atoms with Crippen molar-refractivity contribution in [3.63, 3.8) is 0 Å². The Balaban J connectivity index is 2.43. The van der Waals surface area contributed by atoms with E-state index in [9.17, 15) is 8.78 Å². The van der Waals surface area contributed by atoms with Gasteiger partial charge in [-0.3, -0.25) is 0 Å². The van der Waals surface area contributed by atoms with Crippen molar-refractivity contribution in [2.75, 3.05) is 11.1 Å². The molecule has 0 atom stereocenters. The second-order valence-electron chi connectivity index (χ2n) is 3.91. The predicted octanol–water partition coefficient (Wildman–Crippen LogP) is 4.36. The molecule has 2 nitrogen and oxygen atoms in total. The van der Waals surface area contributed by atoms with E-state index in [4.69, 9.17) is 5.73 Å². The van der Waals surface area contributed by atoms with Gasteiger partial charge >= 0.3 is 0 Å². The largest absolute Gasteiger partial charge is 0.397 e. The number of nitrogen functional groups attached to an aromatic ring is 1. The Hall–Kier alpha value is -1.62. The molecule has 2 aromatic rings. The van der Waals surface area contributed by atoms with Crippen LogP contribution in [-0.4, -0.2) is 0 Å². The first-order valence-corrected chi connectivity index (χ1v) is 6.05. The number of hydrogen-bond acceptors (Lipinski definition) is 2. The SMILES string of the molecule is Cc1cccc(N)c1Nc1cc(F)c(Br)cc1F. The second-order valence-corrected chi connectivity index (χ2v) is 4.76. The normalized spacial score (nSPS) is 10.4. The van der Waals surface area contributed by atoms with Gasteiger partial charge in [-0.1, -0.05) is 12.1 Å². The van der Waals surface area contributed by atoms with E-state index < -0.39 is 11.6 Å². The van der Waals surface area contributed by atoms with Crippen LogP contribution in [0.2, 0.25) is 0 Å². The lowest BCUT2D eigenvalue weighted by Gasteiger charge is -2.13. The minimum Gasteiger partial charge on any atom is -0.397 e. The summed E-state index contributed by atoms with van der Waals surface area (Å²) in [6.45, 7) is 1.84. The lowest BCUT2D eigenvalue weighted by atomic mass is 10.1. The summed E-state index contributed by atoms with van der Waals surface area (Å²) in [5.74, 6) is -1.09. The number of aryl methyl sites for hydroxylation is 1. The van der Waals surface area contributed by atoms with Gasteiger partial charge in [0.25, 0.3) is 0 Å². The minimum absolute atomic E-state index is 0.0525. The van der Waals surface area contributed by atoms with Crippen molar-refractivity contribution >= 4 is 33.0 Å². The van der Waals surface area contributed by atoms with E-state index in [1.807, 2.05) is 13.0 Å². The molecule has 0 heterocycles. The van der Waals surface area contributed by atoms with Gasteiger partial charge in [0.05, 0.1) is 21.5 Å². The summed E-state index contributed by atoms with van der Waals surface area (Å²) < 4.78 is 27.1. The number of hydrogen-bond donors (Lipinski definition) is 2. The van der Waals surface area contributed by atoms with E-state index in [0.717, 1.165) is 17.7 Å². The van der Waals surface area contributed by atoms with Crippen LogP contribution < -0.4 is 11.1 Å². The molecule has 0 aliphatic carbocycles. The van der Waals surface area contributed by atoms with E-state index in [1.165, 1.54) is 0 Å². The van der Waals surface area contributed by atoms with Gasteiger partial charge < -0.3 is 11.1 Å². The Morgan fingerprint density at radius 2 is 1.89 bits per heavy atom. The van der Waals surface area contributed by atoms with Crippen LogP contribution in [0, 0.1) is 18.6 Å². The first-order chi connectivity index (χ1) is 8.49. The van der Waals surface area contributed by atoms with Crippen LogP contribution in [0.5, 0.6) is 0 Å². The molecular weight excluding hydrogens is 302 g/mol. The van der Waals surface area contributed by atoms with Crippen LogP contribution in [0.3, 0.4) is 0 Å². The summed E-state index contributed by atoms with van der Waals surface area (Å²) in [4.78, 5) is 0. The Labute approximate surface area is 112 Å². The third-order valence-electron chi connectivity index (χ3n) is 2.57. The fraction of sp³-hybridized carbons (Fsp3) is 0.0769. The maximum Gasteiger partial charge on any atom is 0.147 e. The molecule has 5 heteroatoms. The third kappa shape index (κ3) is 2.46. The molecule has 3 N–H and O–H groups in total. The summed E-state index contributed by atoms with van der Waals surface area (Å²) in [6.07, 6.45) is 0. The van der Waals surface area contributed by atoms with Crippen LogP contribution in [0.1, 0.15) is 5.56 Å². The number of halogens is 3. The third-order valence-corrected chi connectivity index (χ3v) is 3.18. The van der Waals surface area contributed by atoms with E-state index in [1.54, 1.807) is 12.1 Å². The van der Waals surface area contributed by atoms with Gasteiger partial charge in [-0.2, -0.15) is 0 Å². The molecule has 2 aromatic carbocycles. The highest BCUT2D eigenvalue weighted by atomic mass is 79.9. The Kier molecular flexibility index (Phi) is 3.52. The van der Waals surface area contributed by atoms with Crippen molar-refractivity contribution in [2.45, 2.75) is 6.92 Å². The molecule has 0 amide bonds. The maximum absolute atomic E-state index is 13.7. The first kappa shape index (κ1) is 12.8. The van der Waals surface area contributed by atoms with Gasteiger partial charge in [-0.05, 0) is 40.5 Å². The smallest absolute Gasteiger partial charge is 0.147 e. The van der Waals surface area contributed by atoms with Crippen molar-refractivity contribution < 1.29 is 8.78 Å². The quantitative estimate of drug-likeness (QED) is 0.638. The molecule has 0 aromatic heterocycles. The lowest BCUT2D eigenvalue weighted by molar-refractivity contribution is 0.598. The standard InChI is InChI=1S/C13H11BrF2N2/c1-7-3-2-4-11(17)13(7)18-12-6-9(15)8(14)5-10(12)16/h2-6,18H,17H2,1H3.